The maximum absolute atomic E-state index is 13.4. The van der Waals surface area contributed by atoms with Crippen LogP contribution in [0.15, 0.2) is 78.4 Å². The molecule has 0 bridgehead atoms. The van der Waals surface area contributed by atoms with Crippen LogP contribution in [0.1, 0.15) is 17.2 Å². The second kappa shape index (κ2) is 8.14. The average molecular weight is 460 g/mol. The number of anilines is 1. The van der Waals surface area contributed by atoms with E-state index in [9.17, 15) is 19.1 Å². The number of ketones is 1. The Morgan fingerprint density at radius 1 is 1.06 bits per heavy atom. The van der Waals surface area contributed by atoms with Gasteiger partial charge >= 0.3 is 5.91 Å². The molecule has 0 radical (unpaired) electrons. The number of aliphatic hydroxyl groups excluding tert-OH is 1. The lowest BCUT2D eigenvalue weighted by atomic mass is 9.95. The van der Waals surface area contributed by atoms with Crippen molar-refractivity contribution in [1.29, 1.82) is 0 Å². The van der Waals surface area contributed by atoms with Crippen molar-refractivity contribution < 1.29 is 23.8 Å². The Hall–Kier alpha value is -4.04. The molecule has 1 N–H and O–H groups in total. The summed E-state index contributed by atoms with van der Waals surface area (Å²) in [7, 11) is 1.56. The maximum atomic E-state index is 13.4. The Bertz CT molecular complexity index is 1410. The highest BCUT2D eigenvalue weighted by atomic mass is 32.1. The van der Waals surface area contributed by atoms with Crippen molar-refractivity contribution in [2.24, 2.45) is 0 Å². The van der Waals surface area contributed by atoms with Crippen LogP contribution in [0, 0.1) is 5.82 Å². The predicted molar refractivity (Wildman–Crippen MR) is 124 cm³/mol. The molecule has 0 spiro atoms. The number of halogens is 1. The molecule has 1 aliphatic rings. The first kappa shape index (κ1) is 20.8. The SMILES string of the molecule is COc1ccc2nc(N3C(=O)C(=O)C(=C(O)c4ccc(F)cc4)[C@@H]3c3ccccc3)sc2c1. The molecule has 1 aromatic heterocycles. The largest absolute Gasteiger partial charge is 0.507 e. The normalized spacial score (nSPS) is 17.6. The molecule has 1 saturated heterocycles. The van der Waals surface area contributed by atoms with E-state index in [0.717, 1.165) is 4.70 Å². The molecule has 1 aliphatic heterocycles. The lowest BCUT2D eigenvalue weighted by Gasteiger charge is -2.22. The molecule has 0 aliphatic carbocycles. The minimum absolute atomic E-state index is 0.0744. The molecular formula is C25H17FN2O4S. The molecule has 6 nitrogen and oxygen atoms in total. The van der Waals surface area contributed by atoms with E-state index in [-0.39, 0.29) is 16.9 Å². The van der Waals surface area contributed by atoms with Crippen molar-refractivity contribution in [2.75, 3.05) is 12.0 Å². The number of hydrogen-bond acceptors (Lipinski definition) is 6. The third-order valence-corrected chi connectivity index (χ3v) is 6.49. The second-order valence-electron chi connectivity index (χ2n) is 7.42. The number of aliphatic hydroxyl groups is 1. The van der Waals surface area contributed by atoms with Crippen LogP contribution in [-0.4, -0.2) is 28.9 Å². The van der Waals surface area contributed by atoms with Crippen molar-refractivity contribution in [3.63, 3.8) is 0 Å². The van der Waals surface area contributed by atoms with Gasteiger partial charge in [0.1, 0.15) is 17.3 Å². The molecular weight excluding hydrogens is 443 g/mol. The van der Waals surface area contributed by atoms with Gasteiger partial charge in [0, 0.05) is 5.56 Å². The number of benzene rings is 3. The fourth-order valence-corrected chi connectivity index (χ4v) is 4.89. The van der Waals surface area contributed by atoms with Crippen LogP contribution < -0.4 is 9.64 Å². The number of methoxy groups -OCH3 is 1. The Morgan fingerprint density at radius 2 is 1.79 bits per heavy atom. The Labute approximate surface area is 192 Å². The lowest BCUT2D eigenvalue weighted by Crippen LogP contribution is -2.29. The average Bonchev–Trinajstić information content (AvgIpc) is 3.37. The van der Waals surface area contributed by atoms with Gasteiger partial charge in [0.15, 0.2) is 5.13 Å². The summed E-state index contributed by atoms with van der Waals surface area (Å²) < 4.78 is 19.5. The van der Waals surface area contributed by atoms with Crippen LogP contribution in [-0.2, 0) is 9.59 Å². The van der Waals surface area contributed by atoms with E-state index in [1.807, 2.05) is 12.1 Å². The van der Waals surface area contributed by atoms with Gasteiger partial charge in [-0.1, -0.05) is 41.7 Å². The number of thiazole rings is 1. The van der Waals surface area contributed by atoms with Crippen LogP contribution in [0.5, 0.6) is 5.75 Å². The zero-order valence-electron chi connectivity index (χ0n) is 17.4. The molecule has 1 amide bonds. The summed E-state index contributed by atoms with van der Waals surface area (Å²) in [4.78, 5) is 32.2. The second-order valence-corrected chi connectivity index (χ2v) is 8.43. The number of carbonyl (C=O) groups excluding carboxylic acids is 2. The molecule has 5 rings (SSSR count). The Balaban J connectivity index is 1.71. The first-order chi connectivity index (χ1) is 16.0. The molecule has 0 saturated carbocycles. The van der Waals surface area contributed by atoms with Crippen LogP contribution in [0.4, 0.5) is 9.52 Å². The quantitative estimate of drug-likeness (QED) is 0.261. The number of aromatic nitrogens is 1. The summed E-state index contributed by atoms with van der Waals surface area (Å²) in [5.74, 6) is -1.82. The summed E-state index contributed by atoms with van der Waals surface area (Å²) in [6.45, 7) is 0. The van der Waals surface area contributed by atoms with Gasteiger partial charge in [0.05, 0.1) is 28.9 Å². The Morgan fingerprint density at radius 3 is 2.48 bits per heavy atom. The van der Waals surface area contributed by atoms with Gasteiger partial charge in [-0.25, -0.2) is 9.37 Å². The van der Waals surface area contributed by atoms with Gasteiger partial charge in [-0.3, -0.25) is 14.5 Å². The molecule has 3 aromatic carbocycles. The highest BCUT2D eigenvalue weighted by Gasteiger charge is 2.48. The Kier molecular flexibility index (Phi) is 5.14. The summed E-state index contributed by atoms with van der Waals surface area (Å²) >= 11 is 1.25. The van der Waals surface area contributed by atoms with E-state index in [1.165, 1.54) is 40.5 Å². The van der Waals surface area contributed by atoms with Crippen molar-refractivity contribution >= 4 is 44.1 Å². The molecule has 8 heteroatoms. The molecule has 1 atom stereocenters. The highest BCUT2D eigenvalue weighted by Crippen LogP contribution is 2.44. The van der Waals surface area contributed by atoms with Crippen LogP contribution in [0.25, 0.3) is 16.0 Å². The standard InChI is InChI=1S/C25H17FN2O4S/c1-32-17-11-12-18-19(13-17)33-25(27-18)28-21(14-5-3-2-4-6-14)20(23(30)24(28)31)22(29)15-7-9-16(26)10-8-15/h2-13,21,29H,1H3/t21-/m0/s1. The number of nitrogens with zero attached hydrogens (tertiary/aromatic N) is 2. The highest BCUT2D eigenvalue weighted by molar-refractivity contribution is 7.22. The molecule has 2 heterocycles. The molecule has 164 valence electrons. The van der Waals surface area contributed by atoms with E-state index in [0.29, 0.717) is 22.0 Å². The molecule has 0 unspecified atom stereocenters. The first-order valence-corrected chi connectivity index (χ1v) is 10.9. The van der Waals surface area contributed by atoms with Crippen molar-refractivity contribution in [2.45, 2.75) is 6.04 Å². The number of carbonyl (C=O) groups is 2. The maximum Gasteiger partial charge on any atom is 0.301 e. The molecule has 1 fully saturated rings. The summed E-state index contributed by atoms with van der Waals surface area (Å²) in [5, 5.41) is 11.4. The number of Topliss-reactive ketones (excluding diaryl/α,β-unsaturated/α-hetero) is 1. The van der Waals surface area contributed by atoms with Crippen molar-refractivity contribution in [3.05, 3.63) is 95.3 Å². The van der Waals surface area contributed by atoms with Gasteiger partial charge in [0.25, 0.3) is 5.78 Å². The van der Waals surface area contributed by atoms with Crippen molar-refractivity contribution in [1.82, 2.24) is 4.98 Å². The number of ether oxygens (including phenoxy) is 1. The van der Waals surface area contributed by atoms with Gasteiger partial charge < -0.3 is 9.84 Å². The summed E-state index contributed by atoms with van der Waals surface area (Å²) in [6, 6.07) is 18.5. The van der Waals surface area contributed by atoms with Gasteiger partial charge in [-0.15, -0.1) is 0 Å². The smallest absolute Gasteiger partial charge is 0.301 e. The molecule has 4 aromatic rings. The third-order valence-electron chi connectivity index (χ3n) is 5.47. The fourth-order valence-electron chi connectivity index (χ4n) is 3.87. The van der Waals surface area contributed by atoms with E-state index in [1.54, 1.807) is 43.5 Å². The number of amides is 1. The predicted octanol–water partition coefficient (Wildman–Crippen LogP) is 5.07. The lowest BCUT2D eigenvalue weighted by molar-refractivity contribution is -0.132. The minimum atomic E-state index is -0.890. The summed E-state index contributed by atoms with van der Waals surface area (Å²) in [5.41, 5.74) is 1.46. The zero-order valence-corrected chi connectivity index (χ0v) is 18.2. The van der Waals surface area contributed by atoms with Crippen LogP contribution >= 0.6 is 11.3 Å². The first-order valence-electron chi connectivity index (χ1n) is 10.0. The zero-order chi connectivity index (χ0) is 23.1. The molecule has 33 heavy (non-hydrogen) atoms. The van der Waals surface area contributed by atoms with Gasteiger partial charge in [0.2, 0.25) is 0 Å². The number of rotatable bonds is 4. The van der Waals surface area contributed by atoms with E-state index in [4.69, 9.17) is 4.74 Å². The fraction of sp³-hybridized carbons (Fsp3) is 0.0800. The monoisotopic (exact) mass is 460 g/mol. The van der Waals surface area contributed by atoms with E-state index in [2.05, 4.69) is 4.98 Å². The van der Waals surface area contributed by atoms with Crippen LogP contribution in [0.2, 0.25) is 0 Å². The third kappa shape index (κ3) is 3.54. The van der Waals surface area contributed by atoms with E-state index < -0.39 is 23.5 Å². The van der Waals surface area contributed by atoms with Gasteiger partial charge in [-0.05, 0) is 48.0 Å². The number of fused-ring (bicyclic) bond motifs is 1. The van der Waals surface area contributed by atoms with Crippen LogP contribution in [0.3, 0.4) is 0 Å². The van der Waals surface area contributed by atoms with Crippen molar-refractivity contribution in [3.8, 4) is 5.75 Å². The minimum Gasteiger partial charge on any atom is -0.507 e. The number of hydrogen-bond donors (Lipinski definition) is 1. The van der Waals surface area contributed by atoms with E-state index >= 15 is 0 Å². The van der Waals surface area contributed by atoms with Gasteiger partial charge in [-0.2, -0.15) is 0 Å². The topological polar surface area (TPSA) is 79.7 Å². The summed E-state index contributed by atoms with van der Waals surface area (Å²) in [6.07, 6.45) is 0.